The predicted octanol–water partition coefficient (Wildman–Crippen LogP) is 0.0146. The van der Waals surface area contributed by atoms with Crippen LogP contribution in [-0.2, 0) is 21.9 Å². The van der Waals surface area contributed by atoms with Crippen molar-refractivity contribution in [3.63, 3.8) is 0 Å². The van der Waals surface area contributed by atoms with Gasteiger partial charge in [0.2, 0.25) is 15.9 Å². The molecule has 3 N–H and O–H groups in total. The quantitative estimate of drug-likeness (QED) is 0.619. The Morgan fingerprint density at radius 2 is 2.29 bits per heavy atom. The Kier molecular flexibility index (Phi) is 8.14. The van der Waals surface area contributed by atoms with Crippen LogP contribution in [0.1, 0.15) is 26.2 Å². The minimum Gasteiger partial charge on any atom is -0.355 e. The second-order valence-corrected chi connectivity index (χ2v) is 7.70. The SMILES string of the molecule is CC(NS(=O)(=O)c1cnn(C)c1)C(=O)NCCC1CCCNC1.Cl. The third-order valence-corrected chi connectivity index (χ3v) is 5.46. The average Bonchev–Trinajstić information content (AvgIpc) is 2.95. The van der Waals surface area contributed by atoms with Crippen LogP contribution in [-0.4, -0.2) is 49.8 Å². The number of aryl methyl sites for hydroxylation is 1. The highest BCUT2D eigenvalue weighted by atomic mass is 35.5. The van der Waals surface area contributed by atoms with E-state index in [9.17, 15) is 13.2 Å². The monoisotopic (exact) mass is 379 g/mol. The molecule has 1 amide bonds. The summed E-state index contributed by atoms with van der Waals surface area (Å²) in [6.07, 6.45) is 5.89. The summed E-state index contributed by atoms with van der Waals surface area (Å²) in [6.45, 7) is 4.14. The highest BCUT2D eigenvalue weighted by Crippen LogP contribution is 2.13. The number of nitrogens with zero attached hydrogens (tertiary/aromatic N) is 2. The molecular formula is C14H26ClN5O3S. The molecule has 2 unspecified atom stereocenters. The van der Waals surface area contributed by atoms with Crippen LogP contribution in [0.4, 0.5) is 0 Å². The van der Waals surface area contributed by atoms with Crippen molar-refractivity contribution in [1.82, 2.24) is 25.1 Å². The van der Waals surface area contributed by atoms with Gasteiger partial charge < -0.3 is 10.6 Å². The first kappa shape index (κ1) is 20.9. The number of hydrogen-bond acceptors (Lipinski definition) is 5. The van der Waals surface area contributed by atoms with Crippen LogP contribution in [0.3, 0.4) is 0 Å². The first-order valence-corrected chi connectivity index (χ1v) is 9.36. The Balaban J connectivity index is 0.00000288. The van der Waals surface area contributed by atoms with E-state index in [0.717, 1.165) is 19.5 Å². The molecule has 0 aromatic carbocycles. The normalized spacial score (nSPS) is 19.3. The maximum absolute atomic E-state index is 12.1. The maximum Gasteiger partial charge on any atom is 0.244 e. The molecule has 2 atom stereocenters. The zero-order valence-corrected chi connectivity index (χ0v) is 15.6. The van der Waals surface area contributed by atoms with Gasteiger partial charge in [-0.15, -0.1) is 12.4 Å². The number of carbonyl (C=O) groups excluding carboxylic acids is 1. The smallest absolute Gasteiger partial charge is 0.244 e. The highest BCUT2D eigenvalue weighted by molar-refractivity contribution is 7.89. The Morgan fingerprint density at radius 1 is 1.54 bits per heavy atom. The van der Waals surface area contributed by atoms with Gasteiger partial charge in [0, 0.05) is 19.8 Å². The number of carbonyl (C=O) groups is 1. The lowest BCUT2D eigenvalue weighted by molar-refractivity contribution is -0.122. The zero-order chi connectivity index (χ0) is 16.9. The van der Waals surface area contributed by atoms with Crippen molar-refractivity contribution in [3.05, 3.63) is 12.4 Å². The lowest BCUT2D eigenvalue weighted by Crippen LogP contribution is -2.45. The van der Waals surface area contributed by atoms with Crippen LogP contribution in [0.15, 0.2) is 17.3 Å². The Bertz CT molecular complexity index is 628. The molecule has 0 saturated carbocycles. The van der Waals surface area contributed by atoms with Gasteiger partial charge >= 0.3 is 0 Å². The van der Waals surface area contributed by atoms with Crippen molar-refractivity contribution in [1.29, 1.82) is 0 Å². The second kappa shape index (κ2) is 9.36. The van der Waals surface area contributed by atoms with E-state index < -0.39 is 16.1 Å². The molecule has 1 aliphatic rings. The molecule has 0 radical (unpaired) electrons. The van der Waals surface area contributed by atoms with E-state index in [-0.39, 0.29) is 23.2 Å². The van der Waals surface area contributed by atoms with Crippen molar-refractivity contribution in [2.75, 3.05) is 19.6 Å². The number of halogens is 1. The largest absolute Gasteiger partial charge is 0.355 e. The summed E-state index contributed by atoms with van der Waals surface area (Å²) in [5.74, 6) is 0.257. The van der Waals surface area contributed by atoms with Crippen LogP contribution >= 0.6 is 12.4 Å². The van der Waals surface area contributed by atoms with Gasteiger partial charge in [0.15, 0.2) is 0 Å². The van der Waals surface area contributed by atoms with Gasteiger partial charge in [-0.1, -0.05) is 0 Å². The van der Waals surface area contributed by atoms with Gasteiger partial charge in [-0.3, -0.25) is 9.48 Å². The number of piperidine rings is 1. The fraction of sp³-hybridized carbons (Fsp3) is 0.714. The van der Waals surface area contributed by atoms with E-state index in [1.807, 2.05) is 0 Å². The van der Waals surface area contributed by atoms with Gasteiger partial charge in [0.1, 0.15) is 4.90 Å². The standard InChI is InChI=1S/C14H25N5O3S.ClH/c1-11(18-23(21,22)13-9-17-19(2)10-13)14(20)16-7-5-12-4-3-6-15-8-12;/h9-12,15,18H,3-8H2,1-2H3,(H,16,20);1H. The molecule has 1 aromatic heterocycles. The Hall–Kier alpha value is -1.16. The minimum atomic E-state index is -3.73. The molecule has 24 heavy (non-hydrogen) atoms. The molecule has 2 heterocycles. The van der Waals surface area contributed by atoms with Crippen molar-refractivity contribution in [3.8, 4) is 0 Å². The fourth-order valence-electron chi connectivity index (χ4n) is 2.61. The van der Waals surface area contributed by atoms with Crippen molar-refractivity contribution >= 4 is 28.3 Å². The van der Waals surface area contributed by atoms with E-state index in [4.69, 9.17) is 0 Å². The van der Waals surface area contributed by atoms with Crippen LogP contribution in [0.25, 0.3) is 0 Å². The van der Waals surface area contributed by atoms with Crippen molar-refractivity contribution in [2.45, 2.75) is 37.1 Å². The van der Waals surface area contributed by atoms with Gasteiger partial charge in [-0.25, -0.2) is 8.42 Å². The maximum atomic E-state index is 12.1. The van der Waals surface area contributed by atoms with Crippen LogP contribution in [0, 0.1) is 5.92 Å². The van der Waals surface area contributed by atoms with Crippen LogP contribution in [0.5, 0.6) is 0 Å². The second-order valence-electron chi connectivity index (χ2n) is 5.98. The Morgan fingerprint density at radius 3 is 2.88 bits per heavy atom. The van der Waals surface area contributed by atoms with Gasteiger partial charge in [0.25, 0.3) is 0 Å². The van der Waals surface area contributed by atoms with Crippen LogP contribution in [0.2, 0.25) is 0 Å². The zero-order valence-electron chi connectivity index (χ0n) is 14.0. The minimum absolute atomic E-state index is 0. The molecular weight excluding hydrogens is 354 g/mol. The number of sulfonamides is 1. The number of rotatable bonds is 7. The molecule has 10 heteroatoms. The summed E-state index contributed by atoms with van der Waals surface area (Å²) in [6, 6.07) is -0.829. The molecule has 1 aliphatic heterocycles. The number of hydrogen-bond donors (Lipinski definition) is 3. The summed E-state index contributed by atoms with van der Waals surface area (Å²) >= 11 is 0. The highest BCUT2D eigenvalue weighted by Gasteiger charge is 2.23. The summed E-state index contributed by atoms with van der Waals surface area (Å²) in [7, 11) is -2.10. The molecule has 8 nitrogen and oxygen atoms in total. The molecule has 0 aliphatic carbocycles. The first-order chi connectivity index (χ1) is 10.9. The number of aromatic nitrogens is 2. The fourth-order valence-corrected chi connectivity index (χ4v) is 3.80. The molecule has 1 aromatic rings. The van der Waals surface area contributed by atoms with E-state index in [1.54, 1.807) is 7.05 Å². The topological polar surface area (TPSA) is 105 Å². The first-order valence-electron chi connectivity index (χ1n) is 7.88. The predicted molar refractivity (Wildman–Crippen MR) is 93.5 cm³/mol. The van der Waals surface area contributed by atoms with E-state index in [0.29, 0.717) is 12.5 Å². The van der Waals surface area contributed by atoms with Crippen molar-refractivity contribution < 1.29 is 13.2 Å². The molecule has 1 fully saturated rings. The molecule has 138 valence electrons. The number of amides is 1. The average molecular weight is 380 g/mol. The molecule has 0 bridgehead atoms. The lowest BCUT2D eigenvalue weighted by atomic mass is 9.96. The van der Waals surface area contributed by atoms with E-state index >= 15 is 0 Å². The lowest BCUT2D eigenvalue weighted by Gasteiger charge is -2.23. The summed E-state index contributed by atoms with van der Waals surface area (Å²) in [5, 5.41) is 9.96. The number of nitrogens with one attached hydrogen (secondary N) is 3. The van der Waals surface area contributed by atoms with Crippen LogP contribution < -0.4 is 15.4 Å². The molecule has 1 saturated heterocycles. The van der Waals surface area contributed by atoms with Crippen molar-refractivity contribution in [2.24, 2.45) is 13.0 Å². The summed E-state index contributed by atoms with van der Waals surface area (Å²) < 4.78 is 28.0. The third kappa shape index (κ3) is 6.04. The molecule has 0 spiro atoms. The summed E-state index contributed by atoms with van der Waals surface area (Å²) in [4.78, 5) is 12.1. The third-order valence-electron chi connectivity index (χ3n) is 3.97. The van der Waals surface area contributed by atoms with Gasteiger partial charge in [-0.05, 0) is 45.2 Å². The summed E-state index contributed by atoms with van der Waals surface area (Å²) in [5.41, 5.74) is 0. The van der Waals surface area contributed by atoms with E-state index in [1.165, 1.54) is 36.8 Å². The van der Waals surface area contributed by atoms with Gasteiger partial charge in [0.05, 0.1) is 12.2 Å². The van der Waals surface area contributed by atoms with E-state index in [2.05, 4.69) is 20.5 Å². The van der Waals surface area contributed by atoms with Gasteiger partial charge in [-0.2, -0.15) is 9.82 Å². The molecule has 2 rings (SSSR count). The Labute approximate surface area is 149 Å².